The molecular formula is C22H42O2. The second kappa shape index (κ2) is 17.5. The summed E-state index contributed by atoms with van der Waals surface area (Å²) in [5.74, 6) is 1.66. The van der Waals surface area contributed by atoms with Gasteiger partial charge in [0, 0.05) is 13.2 Å². The fourth-order valence-corrected chi connectivity index (χ4v) is 2.48. The Hall–Kier alpha value is -0.340. The van der Waals surface area contributed by atoms with Gasteiger partial charge in [-0.05, 0) is 43.9 Å². The van der Waals surface area contributed by atoms with Gasteiger partial charge < -0.3 is 9.47 Å². The molecule has 0 aromatic rings. The molecule has 0 bridgehead atoms. The lowest BCUT2D eigenvalue weighted by atomic mass is 10.0. The highest BCUT2D eigenvalue weighted by atomic mass is 16.5. The van der Waals surface area contributed by atoms with Crippen molar-refractivity contribution in [1.82, 2.24) is 0 Å². The van der Waals surface area contributed by atoms with Crippen LogP contribution in [0, 0.1) is 24.7 Å². The van der Waals surface area contributed by atoms with Gasteiger partial charge in [0.15, 0.2) is 0 Å². The molecule has 0 aromatic heterocycles. The van der Waals surface area contributed by atoms with Gasteiger partial charge in [0.05, 0.1) is 13.2 Å². The second-order valence-corrected chi connectivity index (χ2v) is 7.36. The maximum atomic E-state index is 5.73. The highest BCUT2D eigenvalue weighted by Gasteiger charge is 1.99. The molecule has 2 radical (unpaired) electrons. The zero-order valence-corrected chi connectivity index (χ0v) is 16.8. The molecule has 0 fully saturated rings. The van der Waals surface area contributed by atoms with E-state index in [0.29, 0.717) is 11.8 Å². The Morgan fingerprint density at radius 3 is 2.21 bits per heavy atom. The topological polar surface area (TPSA) is 18.5 Å². The lowest BCUT2D eigenvalue weighted by Crippen LogP contribution is -2.05. The Kier molecular flexibility index (Phi) is 17.2. The number of hydrogen-bond acceptors (Lipinski definition) is 2. The first kappa shape index (κ1) is 23.7. The summed E-state index contributed by atoms with van der Waals surface area (Å²) < 4.78 is 11.4. The molecule has 0 heterocycles. The minimum Gasteiger partial charge on any atom is -0.381 e. The van der Waals surface area contributed by atoms with E-state index in [9.17, 15) is 0 Å². The van der Waals surface area contributed by atoms with E-state index < -0.39 is 0 Å². The van der Waals surface area contributed by atoms with Gasteiger partial charge in [0.2, 0.25) is 0 Å². The van der Waals surface area contributed by atoms with Gasteiger partial charge in [0.25, 0.3) is 0 Å². The summed E-state index contributed by atoms with van der Waals surface area (Å²) in [4.78, 5) is 0. The summed E-state index contributed by atoms with van der Waals surface area (Å²) in [6, 6.07) is 0. The van der Waals surface area contributed by atoms with Crippen LogP contribution in [0.3, 0.4) is 0 Å². The summed E-state index contributed by atoms with van der Waals surface area (Å²) in [5, 5.41) is 0. The third-order valence-corrected chi connectivity index (χ3v) is 4.40. The van der Waals surface area contributed by atoms with Crippen LogP contribution < -0.4 is 0 Å². The maximum absolute atomic E-state index is 5.73. The van der Waals surface area contributed by atoms with Crippen LogP contribution in [-0.4, -0.2) is 26.4 Å². The van der Waals surface area contributed by atoms with Crippen molar-refractivity contribution in [3.8, 4) is 0 Å². The predicted molar refractivity (Wildman–Crippen MR) is 105 cm³/mol. The number of rotatable bonds is 17. The molecule has 0 spiro atoms. The van der Waals surface area contributed by atoms with Crippen LogP contribution in [-0.2, 0) is 9.47 Å². The summed E-state index contributed by atoms with van der Waals surface area (Å²) >= 11 is 0. The van der Waals surface area contributed by atoms with Gasteiger partial charge in [-0.25, -0.2) is 0 Å². The average Bonchev–Trinajstić information content (AvgIpc) is 2.55. The first-order chi connectivity index (χ1) is 11.6. The molecule has 24 heavy (non-hydrogen) atoms. The standard InChI is InChI=1S/C22H42O2/c1-6-21(4)14-8-11-16-23-17-12-9-15-22(5)19-24-18-10-7-13-20(2)3/h2,9,15,20-22H,6-8,10-14,16-19H2,1,3-5H3. The summed E-state index contributed by atoms with van der Waals surface area (Å²) in [7, 11) is 0. The Morgan fingerprint density at radius 1 is 0.875 bits per heavy atom. The van der Waals surface area contributed by atoms with Crippen molar-refractivity contribution in [3.05, 3.63) is 19.1 Å². The van der Waals surface area contributed by atoms with E-state index in [1.54, 1.807) is 0 Å². The first-order valence-corrected chi connectivity index (χ1v) is 10.1. The van der Waals surface area contributed by atoms with E-state index >= 15 is 0 Å². The number of ether oxygens (including phenoxy) is 2. The van der Waals surface area contributed by atoms with Crippen molar-refractivity contribution in [1.29, 1.82) is 0 Å². The van der Waals surface area contributed by atoms with Gasteiger partial charge in [0.1, 0.15) is 0 Å². The summed E-state index contributed by atoms with van der Waals surface area (Å²) in [5.41, 5.74) is 0. The van der Waals surface area contributed by atoms with E-state index in [2.05, 4.69) is 39.8 Å². The maximum Gasteiger partial charge on any atom is 0.0526 e. The minimum atomic E-state index is 0.314. The molecule has 2 nitrogen and oxygen atoms in total. The van der Waals surface area contributed by atoms with Crippen LogP contribution in [0.1, 0.15) is 79.1 Å². The third-order valence-electron chi connectivity index (χ3n) is 4.40. The van der Waals surface area contributed by atoms with Crippen molar-refractivity contribution in [3.63, 3.8) is 0 Å². The molecule has 3 unspecified atom stereocenters. The fraction of sp³-hybridized carbons (Fsp3) is 0.864. The largest absolute Gasteiger partial charge is 0.381 e. The van der Waals surface area contributed by atoms with Crippen LogP contribution in [0.5, 0.6) is 0 Å². The quantitative estimate of drug-likeness (QED) is 0.228. The predicted octanol–water partition coefficient (Wildman–Crippen LogP) is 6.34. The van der Waals surface area contributed by atoms with Crippen LogP contribution in [0.15, 0.2) is 12.2 Å². The van der Waals surface area contributed by atoms with Crippen molar-refractivity contribution in [2.45, 2.75) is 79.1 Å². The van der Waals surface area contributed by atoms with Crippen molar-refractivity contribution in [2.24, 2.45) is 17.8 Å². The molecule has 142 valence electrons. The molecule has 2 heteroatoms. The van der Waals surface area contributed by atoms with Crippen molar-refractivity contribution in [2.75, 3.05) is 26.4 Å². The normalized spacial score (nSPS) is 14.6. The Balaban J connectivity index is 3.31. The molecule has 0 rings (SSSR count). The van der Waals surface area contributed by atoms with Crippen LogP contribution in [0.2, 0.25) is 0 Å². The smallest absolute Gasteiger partial charge is 0.0526 e. The molecule has 3 atom stereocenters. The van der Waals surface area contributed by atoms with E-state index in [1.807, 2.05) is 0 Å². The Labute approximate surface area is 152 Å². The minimum absolute atomic E-state index is 0.314. The zero-order chi connectivity index (χ0) is 18.0. The summed E-state index contributed by atoms with van der Waals surface area (Å²) in [6.45, 7) is 18.0. The molecule has 0 aliphatic rings. The molecule has 0 saturated carbocycles. The van der Waals surface area contributed by atoms with Crippen LogP contribution >= 0.6 is 0 Å². The summed E-state index contributed by atoms with van der Waals surface area (Å²) in [6.07, 6.45) is 14.0. The molecule has 0 amide bonds. The van der Waals surface area contributed by atoms with Crippen LogP contribution in [0.25, 0.3) is 0 Å². The monoisotopic (exact) mass is 338 g/mol. The van der Waals surface area contributed by atoms with E-state index in [-0.39, 0.29) is 0 Å². The lowest BCUT2D eigenvalue weighted by molar-refractivity contribution is 0.112. The second-order valence-electron chi connectivity index (χ2n) is 7.36. The molecular weight excluding hydrogens is 296 g/mol. The number of hydrogen-bond donors (Lipinski definition) is 0. The van der Waals surface area contributed by atoms with Gasteiger partial charge >= 0.3 is 0 Å². The van der Waals surface area contributed by atoms with E-state index in [0.717, 1.165) is 58.0 Å². The zero-order valence-electron chi connectivity index (χ0n) is 16.8. The van der Waals surface area contributed by atoms with E-state index in [4.69, 9.17) is 16.4 Å². The lowest BCUT2D eigenvalue weighted by Gasteiger charge is -2.09. The van der Waals surface area contributed by atoms with E-state index in [1.165, 1.54) is 25.7 Å². The molecule has 0 N–H and O–H groups in total. The molecule has 0 aliphatic heterocycles. The Bertz CT molecular complexity index is 273. The van der Waals surface area contributed by atoms with Gasteiger partial charge in [-0.15, -0.1) is 0 Å². The fourth-order valence-electron chi connectivity index (χ4n) is 2.48. The molecule has 0 saturated heterocycles. The Morgan fingerprint density at radius 2 is 1.54 bits per heavy atom. The van der Waals surface area contributed by atoms with Gasteiger partial charge in [-0.3, -0.25) is 0 Å². The average molecular weight is 339 g/mol. The van der Waals surface area contributed by atoms with Gasteiger partial charge in [-0.1, -0.05) is 72.0 Å². The van der Waals surface area contributed by atoms with Crippen molar-refractivity contribution >= 4 is 0 Å². The molecule has 0 aliphatic carbocycles. The van der Waals surface area contributed by atoms with Gasteiger partial charge in [-0.2, -0.15) is 0 Å². The van der Waals surface area contributed by atoms with Crippen LogP contribution in [0.4, 0.5) is 0 Å². The highest BCUT2D eigenvalue weighted by molar-refractivity contribution is 4.86. The third kappa shape index (κ3) is 18.0. The SMILES string of the molecule is [CH]C(C)CCCCOCC(C)C=CCCOCCCCC(C)CC. The highest BCUT2D eigenvalue weighted by Crippen LogP contribution is 2.11. The number of unbranched alkanes of at least 4 members (excludes halogenated alkanes) is 2. The first-order valence-electron chi connectivity index (χ1n) is 10.1. The molecule has 0 aromatic carbocycles. The van der Waals surface area contributed by atoms with Crippen molar-refractivity contribution < 1.29 is 9.47 Å².